The maximum atomic E-state index is 5.67. The van der Waals surface area contributed by atoms with Gasteiger partial charge >= 0.3 is 0 Å². The molecule has 0 aromatic heterocycles. The van der Waals surface area contributed by atoms with Gasteiger partial charge in [0.25, 0.3) is 0 Å². The largest absolute Gasteiger partial charge is 0.380 e. The van der Waals surface area contributed by atoms with E-state index in [0.29, 0.717) is 12.0 Å². The first kappa shape index (κ1) is 14.0. The summed E-state index contributed by atoms with van der Waals surface area (Å²) >= 11 is 0. The zero-order valence-corrected chi connectivity index (χ0v) is 11.3. The average Bonchev–Trinajstić information content (AvgIpc) is 2.45. The van der Waals surface area contributed by atoms with Crippen molar-refractivity contribution in [2.24, 2.45) is 5.92 Å². The number of rotatable bonds is 6. The van der Waals surface area contributed by atoms with E-state index >= 15 is 0 Å². The molecule has 1 aliphatic rings. The van der Waals surface area contributed by atoms with Gasteiger partial charge in [-0.1, -0.05) is 39.5 Å². The molecule has 0 saturated heterocycles. The van der Waals surface area contributed by atoms with Crippen LogP contribution in [0.2, 0.25) is 0 Å². The second-order valence-corrected chi connectivity index (χ2v) is 5.69. The maximum Gasteiger partial charge on any atom is 0.0617 e. The summed E-state index contributed by atoms with van der Waals surface area (Å²) in [6, 6.07) is 1.24. The van der Waals surface area contributed by atoms with Crippen molar-refractivity contribution >= 4 is 0 Å². The highest BCUT2D eigenvalue weighted by Crippen LogP contribution is 2.17. The van der Waals surface area contributed by atoms with E-state index in [0.717, 1.165) is 19.3 Å². The zero-order valence-electron chi connectivity index (χ0n) is 11.3. The molecule has 16 heavy (non-hydrogen) atoms. The second-order valence-electron chi connectivity index (χ2n) is 5.69. The van der Waals surface area contributed by atoms with E-state index in [-0.39, 0.29) is 0 Å². The van der Waals surface area contributed by atoms with Crippen LogP contribution in [0.1, 0.15) is 59.3 Å². The predicted molar refractivity (Wildman–Crippen MR) is 69.7 cm³/mol. The third-order valence-corrected chi connectivity index (χ3v) is 3.19. The van der Waals surface area contributed by atoms with Crippen LogP contribution in [0.15, 0.2) is 0 Å². The van der Waals surface area contributed by atoms with Crippen LogP contribution < -0.4 is 5.32 Å². The number of nitrogens with one attached hydrogen (secondary N) is 1. The van der Waals surface area contributed by atoms with Crippen molar-refractivity contribution < 1.29 is 4.74 Å². The molecule has 0 spiro atoms. The van der Waals surface area contributed by atoms with Gasteiger partial charge in [-0.15, -0.1) is 0 Å². The van der Waals surface area contributed by atoms with E-state index in [1.165, 1.54) is 38.5 Å². The minimum atomic E-state index is 0.502. The molecule has 0 aliphatic heterocycles. The first-order valence-electron chi connectivity index (χ1n) is 7.02. The molecule has 1 rings (SSSR count). The predicted octanol–water partition coefficient (Wildman–Crippen LogP) is 3.36. The Labute approximate surface area is 101 Å². The lowest BCUT2D eigenvalue weighted by Crippen LogP contribution is -2.39. The Bertz CT molecular complexity index is 162. The summed E-state index contributed by atoms with van der Waals surface area (Å²) in [7, 11) is 0. The Hall–Kier alpha value is -0.0800. The fourth-order valence-corrected chi connectivity index (χ4v) is 2.38. The van der Waals surface area contributed by atoms with Gasteiger partial charge in [0, 0.05) is 18.7 Å². The van der Waals surface area contributed by atoms with Gasteiger partial charge in [-0.05, 0) is 25.7 Å². The van der Waals surface area contributed by atoms with Crippen molar-refractivity contribution in [3.05, 3.63) is 0 Å². The molecule has 1 atom stereocenters. The van der Waals surface area contributed by atoms with Crippen molar-refractivity contribution in [2.75, 3.05) is 13.2 Å². The van der Waals surface area contributed by atoms with Crippen LogP contribution >= 0.6 is 0 Å². The van der Waals surface area contributed by atoms with Gasteiger partial charge in [0.2, 0.25) is 0 Å². The molecule has 0 aromatic rings. The SMILES string of the molecule is CC(C)COCC(C)NC1CCCCCC1. The highest BCUT2D eigenvalue weighted by Gasteiger charge is 2.14. The highest BCUT2D eigenvalue weighted by molar-refractivity contribution is 4.74. The van der Waals surface area contributed by atoms with Crippen LogP contribution in [0.3, 0.4) is 0 Å². The highest BCUT2D eigenvalue weighted by atomic mass is 16.5. The Balaban J connectivity index is 2.09. The summed E-state index contributed by atoms with van der Waals surface area (Å²) < 4.78 is 5.67. The summed E-state index contributed by atoms with van der Waals surface area (Å²) in [5.41, 5.74) is 0. The van der Waals surface area contributed by atoms with Crippen LogP contribution in [0.5, 0.6) is 0 Å². The molecular formula is C14H29NO. The quantitative estimate of drug-likeness (QED) is 0.703. The minimum Gasteiger partial charge on any atom is -0.380 e. The molecule has 1 unspecified atom stereocenters. The molecule has 0 radical (unpaired) electrons. The lowest BCUT2D eigenvalue weighted by molar-refractivity contribution is 0.0903. The van der Waals surface area contributed by atoms with E-state index in [1.54, 1.807) is 0 Å². The van der Waals surface area contributed by atoms with Crippen LogP contribution in [0, 0.1) is 5.92 Å². The van der Waals surface area contributed by atoms with Gasteiger partial charge in [-0.3, -0.25) is 0 Å². The molecular weight excluding hydrogens is 198 g/mol. The van der Waals surface area contributed by atoms with Gasteiger partial charge in [-0.2, -0.15) is 0 Å². The summed E-state index contributed by atoms with van der Waals surface area (Å²) in [6.07, 6.45) is 8.37. The smallest absolute Gasteiger partial charge is 0.0617 e. The van der Waals surface area contributed by atoms with Gasteiger partial charge < -0.3 is 10.1 Å². The van der Waals surface area contributed by atoms with E-state index in [4.69, 9.17) is 4.74 Å². The number of ether oxygens (including phenoxy) is 1. The van der Waals surface area contributed by atoms with Crippen molar-refractivity contribution in [1.82, 2.24) is 5.32 Å². The zero-order chi connectivity index (χ0) is 11.8. The molecule has 1 saturated carbocycles. The third-order valence-electron chi connectivity index (χ3n) is 3.19. The summed E-state index contributed by atoms with van der Waals surface area (Å²) in [5, 5.41) is 3.71. The molecule has 96 valence electrons. The monoisotopic (exact) mass is 227 g/mol. The van der Waals surface area contributed by atoms with Crippen LogP contribution in [0.25, 0.3) is 0 Å². The minimum absolute atomic E-state index is 0.502. The first-order chi connectivity index (χ1) is 7.68. The van der Waals surface area contributed by atoms with Crippen molar-refractivity contribution in [1.29, 1.82) is 0 Å². The lowest BCUT2D eigenvalue weighted by atomic mass is 10.1. The molecule has 1 N–H and O–H groups in total. The standard InChI is InChI=1S/C14H29NO/c1-12(2)10-16-11-13(3)15-14-8-6-4-5-7-9-14/h12-15H,4-11H2,1-3H3. The first-order valence-corrected chi connectivity index (χ1v) is 7.02. The fraction of sp³-hybridized carbons (Fsp3) is 1.00. The molecule has 1 fully saturated rings. The second kappa shape index (κ2) is 8.08. The van der Waals surface area contributed by atoms with E-state index in [1.807, 2.05) is 0 Å². The third kappa shape index (κ3) is 6.49. The molecule has 1 aliphatic carbocycles. The van der Waals surface area contributed by atoms with Gasteiger partial charge in [0.05, 0.1) is 6.61 Å². The number of hydrogen-bond acceptors (Lipinski definition) is 2. The molecule has 0 heterocycles. The molecule has 0 amide bonds. The van der Waals surface area contributed by atoms with E-state index in [2.05, 4.69) is 26.1 Å². The van der Waals surface area contributed by atoms with Crippen LogP contribution in [-0.2, 0) is 4.74 Å². The van der Waals surface area contributed by atoms with E-state index < -0.39 is 0 Å². The Morgan fingerprint density at radius 3 is 2.19 bits per heavy atom. The van der Waals surface area contributed by atoms with Crippen LogP contribution in [0.4, 0.5) is 0 Å². The summed E-state index contributed by atoms with van der Waals surface area (Å²) in [4.78, 5) is 0. The number of hydrogen-bond donors (Lipinski definition) is 1. The Morgan fingerprint density at radius 1 is 1.00 bits per heavy atom. The average molecular weight is 227 g/mol. The van der Waals surface area contributed by atoms with Crippen LogP contribution in [-0.4, -0.2) is 25.3 Å². The van der Waals surface area contributed by atoms with Crippen molar-refractivity contribution in [3.8, 4) is 0 Å². The summed E-state index contributed by atoms with van der Waals surface area (Å²) in [6.45, 7) is 8.38. The van der Waals surface area contributed by atoms with Crippen molar-refractivity contribution in [2.45, 2.75) is 71.4 Å². The lowest BCUT2D eigenvalue weighted by Gasteiger charge is -2.22. The summed E-state index contributed by atoms with van der Waals surface area (Å²) in [5.74, 6) is 0.644. The maximum absolute atomic E-state index is 5.67. The van der Waals surface area contributed by atoms with Gasteiger partial charge in [-0.25, -0.2) is 0 Å². The Morgan fingerprint density at radius 2 is 1.62 bits per heavy atom. The fourth-order valence-electron chi connectivity index (χ4n) is 2.38. The van der Waals surface area contributed by atoms with Crippen molar-refractivity contribution in [3.63, 3.8) is 0 Å². The molecule has 0 bridgehead atoms. The van der Waals surface area contributed by atoms with E-state index in [9.17, 15) is 0 Å². The molecule has 0 aromatic carbocycles. The molecule has 2 nitrogen and oxygen atoms in total. The van der Waals surface area contributed by atoms with Gasteiger partial charge in [0.15, 0.2) is 0 Å². The topological polar surface area (TPSA) is 21.3 Å². The normalized spacial score (nSPS) is 21.0. The molecule has 2 heteroatoms. The Kier molecular flexibility index (Phi) is 7.06. The van der Waals surface area contributed by atoms with Gasteiger partial charge in [0.1, 0.15) is 0 Å².